The zero-order valence-electron chi connectivity index (χ0n) is 14.0. The van der Waals surface area contributed by atoms with Gasteiger partial charge in [-0.3, -0.25) is 9.69 Å². The second kappa shape index (κ2) is 5.77. The molecule has 1 aromatic carbocycles. The van der Waals surface area contributed by atoms with Crippen molar-refractivity contribution in [2.24, 2.45) is 0 Å². The number of rotatable bonds is 2. The van der Waals surface area contributed by atoms with Crippen LogP contribution in [0.2, 0.25) is 0 Å². The van der Waals surface area contributed by atoms with Gasteiger partial charge in [-0.1, -0.05) is 18.2 Å². The lowest BCUT2D eigenvalue weighted by Gasteiger charge is -2.38. The highest BCUT2D eigenvalue weighted by atomic mass is 16.6. The molecule has 0 bridgehead atoms. The quantitative estimate of drug-likeness (QED) is 0.825. The summed E-state index contributed by atoms with van der Waals surface area (Å²) in [5, 5.41) is 0. The predicted octanol–water partition coefficient (Wildman–Crippen LogP) is 1.49. The highest BCUT2D eigenvalue weighted by molar-refractivity contribution is 5.96. The second-order valence-corrected chi connectivity index (χ2v) is 7.15. The Balaban J connectivity index is 1.42. The molecule has 2 fully saturated rings. The van der Waals surface area contributed by atoms with Crippen molar-refractivity contribution in [3.63, 3.8) is 0 Å². The van der Waals surface area contributed by atoms with Gasteiger partial charge in [0.05, 0.1) is 13.1 Å². The summed E-state index contributed by atoms with van der Waals surface area (Å²) in [5.41, 5.74) is 1.85. The molecule has 2 saturated heterocycles. The van der Waals surface area contributed by atoms with Gasteiger partial charge in [-0.15, -0.1) is 0 Å². The van der Waals surface area contributed by atoms with Gasteiger partial charge >= 0.3 is 6.09 Å². The first-order valence-electron chi connectivity index (χ1n) is 8.61. The number of hydrogen-bond donors (Lipinski definition) is 0. The fraction of sp³-hybridized carbons (Fsp3) is 0.556. The number of likely N-dealkylation sites (tertiary alicyclic amines) is 1. The van der Waals surface area contributed by atoms with E-state index in [-0.39, 0.29) is 12.0 Å². The number of likely N-dealkylation sites (N-methyl/N-ethyl adjacent to an activating group) is 1. The summed E-state index contributed by atoms with van der Waals surface area (Å²) < 4.78 is 5.62. The first-order chi connectivity index (χ1) is 11.6. The summed E-state index contributed by atoms with van der Waals surface area (Å²) in [6, 6.07) is 8.11. The molecule has 4 rings (SSSR count). The van der Waals surface area contributed by atoms with Crippen LogP contribution < -0.4 is 4.90 Å². The number of fused-ring (bicyclic) bond motifs is 1. The monoisotopic (exact) mass is 329 g/mol. The molecule has 1 atom stereocenters. The van der Waals surface area contributed by atoms with Crippen LogP contribution in [-0.2, 0) is 16.0 Å². The molecule has 1 spiro atoms. The molecule has 0 saturated carbocycles. The summed E-state index contributed by atoms with van der Waals surface area (Å²) in [6.07, 6.45) is 2.50. The van der Waals surface area contributed by atoms with E-state index in [9.17, 15) is 9.59 Å². The molecule has 0 N–H and O–H groups in total. The number of anilines is 1. The van der Waals surface area contributed by atoms with Crippen molar-refractivity contribution in [2.45, 2.75) is 24.9 Å². The van der Waals surface area contributed by atoms with Gasteiger partial charge in [-0.05, 0) is 37.4 Å². The second-order valence-electron chi connectivity index (χ2n) is 7.15. The molecule has 0 aliphatic carbocycles. The fourth-order valence-electron chi connectivity index (χ4n) is 4.20. The van der Waals surface area contributed by atoms with Crippen molar-refractivity contribution in [1.29, 1.82) is 0 Å². The zero-order chi connectivity index (χ0) is 16.7. The van der Waals surface area contributed by atoms with Crippen LogP contribution in [0.3, 0.4) is 0 Å². The highest BCUT2D eigenvalue weighted by Crippen LogP contribution is 2.32. The Bertz CT molecular complexity index is 677. The summed E-state index contributed by atoms with van der Waals surface area (Å²) >= 11 is 0. The number of amides is 2. The van der Waals surface area contributed by atoms with Crippen LogP contribution in [0.5, 0.6) is 0 Å². The molecule has 1 aromatic rings. The SMILES string of the molecule is CN1C[C@]2(CCCN(CC(=O)N3CCc4ccccc43)C2)OC1=O. The third kappa shape index (κ3) is 2.65. The van der Waals surface area contributed by atoms with Gasteiger partial charge in [0.1, 0.15) is 5.60 Å². The third-order valence-corrected chi connectivity index (χ3v) is 5.31. The number of benzene rings is 1. The molecule has 3 aliphatic heterocycles. The normalized spacial score (nSPS) is 26.8. The molecule has 0 aromatic heterocycles. The predicted molar refractivity (Wildman–Crippen MR) is 90.0 cm³/mol. The van der Waals surface area contributed by atoms with Crippen molar-refractivity contribution >= 4 is 17.7 Å². The minimum atomic E-state index is -0.437. The molecule has 6 heteroatoms. The Kier molecular flexibility index (Phi) is 3.72. The average molecular weight is 329 g/mol. The Hall–Kier alpha value is -2.08. The number of nitrogens with zero attached hydrogens (tertiary/aromatic N) is 3. The standard InChI is InChI=1S/C18H23N3O3/c1-19-12-18(24-17(19)23)8-4-9-20(13-18)11-16(22)21-10-7-14-5-2-3-6-15(14)21/h2-3,5-6H,4,7-13H2,1H3/t18-/m0/s1. The van der Waals surface area contributed by atoms with Crippen LogP contribution in [0.4, 0.5) is 10.5 Å². The van der Waals surface area contributed by atoms with Crippen molar-refractivity contribution in [2.75, 3.05) is 44.7 Å². The fourth-order valence-corrected chi connectivity index (χ4v) is 4.20. The molecular weight excluding hydrogens is 306 g/mol. The smallest absolute Gasteiger partial charge is 0.410 e. The van der Waals surface area contributed by atoms with Crippen LogP contribution in [0, 0.1) is 0 Å². The van der Waals surface area contributed by atoms with Gasteiger partial charge in [0.15, 0.2) is 0 Å². The van der Waals surface area contributed by atoms with Crippen LogP contribution >= 0.6 is 0 Å². The van der Waals surface area contributed by atoms with E-state index in [1.165, 1.54) is 5.56 Å². The maximum absolute atomic E-state index is 12.8. The lowest BCUT2D eigenvalue weighted by atomic mass is 9.93. The van der Waals surface area contributed by atoms with E-state index >= 15 is 0 Å². The van der Waals surface area contributed by atoms with E-state index in [0.29, 0.717) is 19.6 Å². The van der Waals surface area contributed by atoms with Gasteiger partial charge in [-0.2, -0.15) is 0 Å². The minimum Gasteiger partial charge on any atom is -0.440 e. The number of ether oxygens (including phenoxy) is 1. The molecule has 24 heavy (non-hydrogen) atoms. The molecule has 3 heterocycles. The third-order valence-electron chi connectivity index (χ3n) is 5.31. The first-order valence-corrected chi connectivity index (χ1v) is 8.61. The largest absolute Gasteiger partial charge is 0.440 e. The van der Waals surface area contributed by atoms with Crippen LogP contribution in [0.25, 0.3) is 0 Å². The van der Waals surface area contributed by atoms with Crippen molar-refractivity contribution in [1.82, 2.24) is 9.80 Å². The Morgan fingerprint density at radius 2 is 2.08 bits per heavy atom. The maximum atomic E-state index is 12.8. The van der Waals surface area contributed by atoms with Crippen LogP contribution in [0.15, 0.2) is 24.3 Å². The number of hydrogen-bond acceptors (Lipinski definition) is 4. The molecule has 0 unspecified atom stereocenters. The molecule has 128 valence electrons. The van der Waals surface area contributed by atoms with Crippen LogP contribution in [-0.4, -0.2) is 67.2 Å². The van der Waals surface area contributed by atoms with Gasteiger partial charge < -0.3 is 14.5 Å². The Morgan fingerprint density at radius 1 is 1.25 bits per heavy atom. The Morgan fingerprint density at radius 3 is 2.88 bits per heavy atom. The molecule has 0 radical (unpaired) electrons. The zero-order valence-corrected chi connectivity index (χ0v) is 14.0. The molecule has 2 amide bonds. The summed E-state index contributed by atoms with van der Waals surface area (Å²) in [5.74, 6) is 0.134. The molecular formula is C18H23N3O3. The van der Waals surface area contributed by atoms with E-state index in [1.807, 2.05) is 23.1 Å². The van der Waals surface area contributed by atoms with Crippen LogP contribution in [0.1, 0.15) is 18.4 Å². The Labute approximate surface area is 142 Å². The highest BCUT2D eigenvalue weighted by Gasteiger charge is 2.46. The minimum absolute atomic E-state index is 0.134. The van der Waals surface area contributed by atoms with E-state index < -0.39 is 5.60 Å². The van der Waals surface area contributed by atoms with E-state index in [4.69, 9.17) is 4.74 Å². The van der Waals surface area contributed by atoms with E-state index in [1.54, 1.807) is 11.9 Å². The number of piperidine rings is 1. The van der Waals surface area contributed by atoms with Crippen molar-refractivity contribution < 1.29 is 14.3 Å². The van der Waals surface area contributed by atoms with Crippen molar-refractivity contribution in [3.8, 4) is 0 Å². The molecule has 6 nitrogen and oxygen atoms in total. The van der Waals surface area contributed by atoms with Gasteiger partial charge in [-0.25, -0.2) is 4.79 Å². The molecule has 3 aliphatic rings. The maximum Gasteiger partial charge on any atom is 0.410 e. The summed E-state index contributed by atoms with van der Waals surface area (Å²) in [6.45, 7) is 3.28. The average Bonchev–Trinajstić information content (AvgIpc) is 3.09. The number of carbonyl (C=O) groups is 2. The first kappa shape index (κ1) is 15.4. The van der Waals surface area contributed by atoms with Crippen molar-refractivity contribution in [3.05, 3.63) is 29.8 Å². The number of para-hydroxylation sites is 1. The number of carbonyl (C=O) groups excluding carboxylic acids is 2. The van der Waals surface area contributed by atoms with Gasteiger partial charge in [0.25, 0.3) is 0 Å². The summed E-state index contributed by atoms with van der Waals surface area (Å²) in [4.78, 5) is 30.2. The van der Waals surface area contributed by atoms with E-state index in [2.05, 4.69) is 11.0 Å². The topological polar surface area (TPSA) is 53.1 Å². The summed E-state index contributed by atoms with van der Waals surface area (Å²) in [7, 11) is 1.77. The lowest BCUT2D eigenvalue weighted by Crippen LogP contribution is -2.53. The van der Waals surface area contributed by atoms with Gasteiger partial charge in [0, 0.05) is 25.8 Å². The van der Waals surface area contributed by atoms with Gasteiger partial charge in [0.2, 0.25) is 5.91 Å². The van der Waals surface area contributed by atoms with E-state index in [0.717, 1.165) is 38.0 Å². The lowest BCUT2D eigenvalue weighted by molar-refractivity contribution is -0.121.